The molecule has 0 N–H and O–H groups in total. The molecule has 1 aromatic carbocycles. The smallest absolute Gasteiger partial charge is 0.123 e. The van der Waals surface area contributed by atoms with E-state index in [2.05, 4.69) is 9.80 Å². The molecule has 1 aliphatic carbocycles. The Kier molecular flexibility index (Phi) is 5.69. The number of halogens is 1. The second-order valence-electron chi connectivity index (χ2n) is 8.15. The van der Waals surface area contributed by atoms with Crippen LogP contribution in [-0.4, -0.2) is 55.7 Å². The average Bonchev–Trinajstić information content (AvgIpc) is 3.07. The lowest BCUT2D eigenvalue weighted by Gasteiger charge is -2.26. The van der Waals surface area contributed by atoms with Crippen LogP contribution in [0, 0.1) is 23.6 Å². The van der Waals surface area contributed by atoms with Crippen molar-refractivity contribution in [2.75, 3.05) is 45.9 Å². The van der Waals surface area contributed by atoms with Crippen LogP contribution in [0.25, 0.3) is 0 Å². The van der Waals surface area contributed by atoms with Gasteiger partial charge in [-0.1, -0.05) is 18.6 Å². The third-order valence-electron chi connectivity index (χ3n) is 6.26. The number of rotatable bonds is 8. The molecule has 138 valence electrons. The van der Waals surface area contributed by atoms with Gasteiger partial charge >= 0.3 is 0 Å². The standard InChI is InChI=1S/C21H31FN2O/c22-18-7-4-6-17(12-18)13-24-14-19-20(15-24)21(19)16-25-11-5-10-23-8-2-1-3-9-23/h4,6-7,12,19-21H,1-3,5,8-11,13-16H2/t19-,20+,21-. The molecule has 4 rings (SSSR count). The predicted octanol–water partition coefficient (Wildman–Crippen LogP) is 3.40. The Hall–Kier alpha value is -0.970. The SMILES string of the molecule is Fc1cccc(CN2C[C@@H]3[C@H](COCCCN4CCCCC4)[C@@H]3C2)c1. The first-order valence-corrected chi connectivity index (χ1v) is 10.1. The van der Waals surface area contributed by atoms with Crippen molar-refractivity contribution in [1.82, 2.24) is 9.80 Å². The van der Waals surface area contributed by atoms with Gasteiger partial charge in [-0.2, -0.15) is 0 Å². The summed E-state index contributed by atoms with van der Waals surface area (Å²) in [5, 5.41) is 0. The van der Waals surface area contributed by atoms with E-state index in [-0.39, 0.29) is 5.82 Å². The van der Waals surface area contributed by atoms with Crippen LogP contribution in [-0.2, 0) is 11.3 Å². The number of piperidine rings is 2. The Morgan fingerprint density at radius 3 is 2.60 bits per heavy atom. The van der Waals surface area contributed by atoms with E-state index in [1.807, 2.05) is 12.1 Å². The first-order chi connectivity index (χ1) is 12.3. The number of hydrogen-bond acceptors (Lipinski definition) is 3. The minimum atomic E-state index is -0.127. The second kappa shape index (κ2) is 8.15. The molecule has 4 heteroatoms. The Bertz CT molecular complexity index is 549. The Labute approximate surface area is 151 Å². The van der Waals surface area contributed by atoms with Crippen molar-refractivity contribution < 1.29 is 9.13 Å². The molecule has 0 bridgehead atoms. The summed E-state index contributed by atoms with van der Waals surface area (Å²) in [6.07, 6.45) is 5.33. The largest absolute Gasteiger partial charge is 0.381 e. The van der Waals surface area contributed by atoms with Crippen LogP contribution in [0.3, 0.4) is 0 Å². The zero-order chi connectivity index (χ0) is 17.1. The molecule has 0 spiro atoms. The highest BCUT2D eigenvalue weighted by atomic mass is 19.1. The van der Waals surface area contributed by atoms with Gasteiger partial charge in [-0.25, -0.2) is 4.39 Å². The minimum absolute atomic E-state index is 0.127. The molecule has 0 radical (unpaired) electrons. The Morgan fingerprint density at radius 2 is 1.84 bits per heavy atom. The van der Waals surface area contributed by atoms with Gasteiger partial charge in [0.25, 0.3) is 0 Å². The molecule has 3 nitrogen and oxygen atoms in total. The molecule has 3 atom stereocenters. The molecule has 0 aromatic heterocycles. The Morgan fingerprint density at radius 1 is 1.04 bits per heavy atom. The van der Waals surface area contributed by atoms with Crippen molar-refractivity contribution in [2.24, 2.45) is 17.8 Å². The number of hydrogen-bond donors (Lipinski definition) is 0. The molecule has 3 fully saturated rings. The van der Waals surface area contributed by atoms with Crippen molar-refractivity contribution in [2.45, 2.75) is 32.2 Å². The third-order valence-corrected chi connectivity index (χ3v) is 6.26. The van der Waals surface area contributed by atoms with Crippen LogP contribution < -0.4 is 0 Å². The van der Waals surface area contributed by atoms with Gasteiger partial charge < -0.3 is 9.64 Å². The molecule has 25 heavy (non-hydrogen) atoms. The fourth-order valence-corrected chi connectivity index (χ4v) is 4.80. The van der Waals surface area contributed by atoms with E-state index in [4.69, 9.17) is 4.74 Å². The summed E-state index contributed by atoms with van der Waals surface area (Å²) in [7, 11) is 0. The number of likely N-dealkylation sites (tertiary alicyclic amines) is 2. The highest BCUT2D eigenvalue weighted by molar-refractivity contribution is 5.17. The lowest BCUT2D eigenvalue weighted by atomic mass is 10.1. The number of benzene rings is 1. The normalized spacial score (nSPS) is 29.7. The summed E-state index contributed by atoms with van der Waals surface area (Å²) in [5.41, 5.74) is 1.09. The average molecular weight is 346 g/mol. The van der Waals surface area contributed by atoms with Gasteiger partial charge in [-0.3, -0.25) is 4.90 Å². The molecule has 1 saturated carbocycles. The van der Waals surface area contributed by atoms with Crippen molar-refractivity contribution in [3.63, 3.8) is 0 Å². The summed E-state index contributed by atoms with van der Waals surface area (Å²) < 4.78 is 19.2. The topological polar surface area (TPSA) is 15.7 Å². The zero-order valence-electron chi connectivity index (χ0n) is 15.2. The lowest BCUT2D eigenvalue weighted by molar-refractivity contribution is 0.0967. The Balaban J connectivity index is 1.08. The van der Waals surface area contributed by atoms with E-state index in [1.54, 1.807) is 6.07 Å². The van der Waals surface area contributed by atoms with Gasteiger partial charge in [0, 0.05) is 32.8 Å². The van der Waals surface area contributed by atoms with Crippen molar-refractivity contribution in [3.8, 4) is 0 Å². The molecule has 2 saturated heterocycles. The quantitative estimate of drug-likeness (QED) is 0.671. The second-order valence-corrected chi connectivity index (χ2v) is 8.15. The van der Waals surface area contributed by atoms with E-state index in [0.29, 0.717) is 0 Å². The van der Waals surface area contributed by atoms with E-state index < -0.39 is 0 Å². The summed E-state index contributed by atoms with van der Waals surface area (Å²) in [6.45, 7) is 8.84. The monoisotopic (exact) mass is 346 g/mol. The molecule has 0 amide bonds. The van der Waals surface area contributed by atoms with Crippen LogP contribution in [0.1, 0.15) is 31.2 Å². The van der Waals surface area contributed by atoms with Crippen LogP contribution in [0.2, 0.25) is 0 Å². The zero-order valence-corrected chi connectivity index (χ0v) is 15.2. The van der Waals surface area contributed by atoms with Crippen LogP contribution in [0.5, 0.6) is 0 Å². The van der Waals surface area contributed by atoms with E-state index >= 15 is 0 Å². The fraction of sp³-hybridized carbons (Fsp3) is 0.714. The molecular formula is C21H31FN2O. The molecule has 1 aromatic rings. The van der Waals surface area contributed by atoms with Gasteiger partial charge in [-0.05, 0) is 67.8 Å². The first-order valence-electron chi connectivity index (χ1n) is 10.1. The maximum Gasteiger partial charge on any atom is 0.123 e. The van der Waals surface area contributed by atoms with Crippen molar-refractivity contribution in [1.29, 1.82) is 0 Å². The van der Waals surface area contributed by atoms with E-state index in [9.17, 15) is 4.39 Å². The molecule has 3 aliphatic rings. The van der Waals surface area contributed by atoms with Gasteiger partial charge in [0.15, 0.2) is 0 Å². The van der Waals surface area contributed by atoms with Crippen molar-refractivity contribution in [3.05, 3.63) is 35.6 Å². The van der Waals surface area contributed by atoms with Gasteiger partial charge in [0.2, 0.25) is 0 Å². The van der Waals surface area contributed by atoms with Crippen LogP contribution >= 0.6 is 0 Å². The summed E-state index contributed by atoms with van der Waals surface area (Å²) >= 11 is 0. The molecule has 2 heterocycles. The lowest BCUT2D eigenvalue weighted by Crippen LogP contribution is -2.31. The maximum atomic E-state index is 13.3. The van der Waals surface area contributed by atoms with Crippen molar-refractivity contribution >= 4 is 0 Å². The van der Waals surface area contributed by atoms with Gasteiger partial charge in [-0.15, -0.1) is 0 Å². The summed E-state index contributed by atoms with van der Waals surface area (Å²) in [4.78, 5) is 5.06. The maximum absolute atomic E-state index is 13.3. The highest BCUT2D eigenvalue weighted by Gasteiger charge is 2.55. The summed E-state index contributed by atoms with van der Waals surface area (Å²) in [5.74, 6) is 2.28. The number of nitrogens with zero attached hydrogens (tertiary/aromatic N) is 2. The molecular weight excluding hydrogens is 315 g/mol. The third kappa shape index (κ3) is 4.60. The highest BCUT2D eigenvalue weighted by Crippen LogP contribution is 2.51. The van der Waals surface area contributed by atoms with Gasteiger partial charge in [0.1, 0.15) is 5.82 Å². The van der Waals surface area contributed by atoms with E-state index in [0.717, 1.165) is 56.2 Å². The van der Waals surface area contributed by atoms with Crippen LogP contribution in [0.15, 0.2) is 24.3 Å². The van der Waals surface area contributed by atoms with Gasteiger partial charge in [0.05, 0.1) is 6.61 Å². The molecule has 2 aliphatic heterocycles. The predicted molar refractivity (Wildman–Crippen MR) is 97.9 cm³/mol. The first kappa shape index (κ1) is 17.4. The number of fused-ring (bicyclic) bond motifs is 1. The fourth-order valence-electron chi connectivity index (χ4n) is 4.80. The van der Waals surface area contributed by atoms with E-state index in [1.165, 1.54) is 51.4 Å². The number of ether oxygens (including phenoxy) is 1. The summed E-state index contributed by atoms with van der Waals surface area (Å²) in [6, 6.07) is 7.01. The van der Waals surface area contributed by atoms with Crippen LogP contribution in [0.4, 0.5) is 4.39 Å². The molecule has 0 unspecified atom stereocenters. The minimum Gasteiger partial charge on any atom is -0.381 e.